The fraction of sp³-hybridized carbons (Fsp3) is 0.421. The molecule has 148 valence electrons. The topological polar surface area (TPSA) is 85.4 Å². The van der Waals surface area contributed by atoms with Crippen LogP contribution in [-0.4, -0.2) is 46.5 Å². The Morgan fingerprint density at radius 1 is 1.36 bits per heavy atom. The smallest absolute Gasteiger partial charge is 0.206 e. The van der Waals surface area contributed by atoms with E-state index in [0.717, 1.165) is 5.56 Å². The summed E-state index contributed by atoms with van der Waals surface area (Å²) in [5.41, 5.74) is 1.47. The summed E-state index contributed by atoms with van der Waals surface area (Å²) in [6.07, 6.45) is 4.13. The maximum Gasteiger partial charge on any atom is 0.206 e. The van der Waals surface area contributed by atoms with Crippen LogP contribution in [0.5, 0.6) is 0 Å². The van der Waals surface area contributed by atoms with Crippen molar-refractivity contribution in [2.75, 3.05) is 23.3 Å². The summed E-state index contributed by atoms with van der Waals surface area (Å²) in [4.78, 5) is 13.6. The summed E-state index contributed by atoms with van der Waals surface area (Å²) >= 11 is 0. The molecule has 0 radical (unpaired) electrons. The van der Waals surface area contributed by atoms with Gasteiger partial charge in [-0.05, 0) is 19.9 Å². The summed E-state index contributed by atoms with van der Waals surface area (Å²) in [5.74, 6) is -0.195. The molecule has 3 heterocycles. The third kappa shape index (κ3) is 3.33. The van der Waals surface area contributed by atoms with Gasteiger partial charge in [-0.25, -0.2) is 4.39 Å². The number of carbonyl (C=O) groups excluding carboxylic acids is 1. The van der Waals surface area contributed by atoms with Gasteiger partial charge in [0.2, 0.25) is 5.58 Å². The van der Waals surface area contributed by atoms with Gasteiger partial charge in [0.25, 0.3) is 0 Å². The van der Waals surface area contributed by atoms with Crippen LogP contribution in [0.3, 0.4) is 0 Å². The van der Waals surface area contributed by atoms with Gasteiger partial charge in [-0.3, -0.25) is 9.48 Å². The van der Waals surface area contributed by atoms with Crippen LogP contribution in [0.2, 0.25) is 0 Å². The minimum absolute atomic E-state index is 0.0288. The molecule has 1 aliphatic heterocycles. The number of nitrogens with one attached hydrogen (secondary N) is 1. The number of aldehydes is 1. The summed E-state index contributed by atoms with van der Waals surface area (Å²) in [6.45, 7) is 5.29. The highest BCUT2D eigenvalue weighted by atomic mass is 19.1. The molecule has 2 atom stereocenters. The Hall–Kier alpha value is -2.94. The summed E-state index contributed by atoms with van der Waals surface area (Å²) in [5, 5.41) is 11.6. The minimum Gasteiger partial charge on any atom is -0.372 e. The normalized spacial score (nSPS) is 19.9. The lowest BCUT2D eigenvalue weighted by Crippen LogP contribution is -2.46. The van der Waals surface area contributed by atoms with E-state index in [0.29, 0.717) is 37.1 Å². The number of fused-ring (bicyclic) bond motifs is 1. The standard InChI is InChI=1S/C19H22FN5O3/c1-11-7-25(8-12(2)27-11)17-14(10-26)4-15-18(16(17)20)28-23-19(15)21-5-13-6-22-24(3)9-13/h4,6,9-12H,5,7-8H2,1-3H3,(H,21,23)/t11-,12+. The summed E-state index contributed by atoms with van der Waals surface area (Å²) in [6, 6.07) is 1.62. The van der Waals surface area contributed by atoms with E-state index in [-0.39, 0.29) is 29.0 Å². The van der Waals surface area contributed by atoms with E-state index >= 15 is 4.39 Å². The number of aromatic nitrogens is 3. The largest absolute Gasteiger partial charge is 0.372 e. The van der Waals surface area contributed by atoms with Gasteiger partial charge in [-0.15, -0.1) is 0 Å². The van der Waals surface area contributed by atoms with Crippen molar-refractivity contribution in [3.05, 3.63) is 35.4 Å². The lowest BCUT2D eigenvalue weighted by Gasteiger charge is -2.37. The van der Waals surface area contributed by atoms with Crippen LogP contribution in [0, 0.1) is 5.82 Å². The van der Waals surface area contributed by atoms with Crippen molar-refractivity contribution < 1.29 is 18.4 Å². The van der Waals surface area contributed by atoms with E-state index in [1.165, 1.54) is 0 Å². The van der Waals surface area contributed by atoms with Crippen LogP contribution in [-0.2, 0) is 18.3 Å². The first-order chi connectivity index (χ1) is 13.5. The molecule has 0 bridgehead atoms. The number of hydrogen-bond donors (Lipinski definition) is 1. The van der Waals surface area contributed by atoms with Gasteiger partial charge in [0.1, 0.15) is 0 Å². The van der Waals surface area contributed by atoms with Crippen molar-refractivity contribution in [3.8, 4) is 0 Å². The van der Waals surface area contributed by atoms with Crippen molar-refractivity contribution in [1.82, 2.24) is 14.9 Å². The number of benzene rings is 1. The van der Waals surface area contributed by atoms with Gasteiger partial charge >= 0.3 is 0 Å². The molecule has 0 aliphatic carbocycles. The first-order valence-corrected chi connectivity index (χ1v) is 9.15. The molecular weight excluding hydrogens is 365 g/mol. The van der Waals surface area contributed by atoms with Crippen molar-refractivity contribution in [2.45, 2.75) is 32.6 Å². The quantitative estimate of drug-likeness (QED) is 0.674. The van der Waals surface area contributed by atoms with Crippen molar-refractivity contribution in [3.63, 3.8) is 0 Å². The van der Waals surface area contributed by atoms with Crippen LogP contribution < -0.4 is 10.2 Å². The molecule has 0 saturated carbocycles. The van der Waals surface area contributed by atoms with E-state index in [4.69, 9.17) is 9.26 Å². The molecule has 0 spiro atoms. The molecule has 8 nitrogen and oxygen atoms in total. The van der Waals surface area contributed by atoms with Crippen LogP contribution in [0.15, 0.2) is 23.0 Å². The molecule has 1 aliphatic rings. The monoisotopic (exact) mass is 387 g/mol. The number of ether oxygens (including phenoxy) is 1. The molecule has 2 aromatic heterocycles. The summed E-state index contributed by atoms with van der Waals surface area (Å²) in [7, 11) is 1.83. The number of nitrogens with zero attached hydrogens (tertiary/aromatic N) is 4. The van der Waals surface area contributed by atoms with Crippen molar-refractivity contribution >= 4 is 28.8 Å². The van der Waals surface area contributed by atoms with Gasteiger partial charge in [0, 0.05) is 44.0 Å². The number of morpholine rings is 1. The Kier molecular flexibility index (Phi) is 4.76. The van der Waals surface area contributed by atoms with Crippen LogP contribution in [0.1, 0.15) is 29.8 Å². The average Bonchev–Trinajstić information content (AvgIpc) is 3.24. The predicted octanol–water partition coefficient (Wildman–Crippen LogP) is 2.74. The van der Waals surface area contributed by atoms with Gasteiger partial charge < -0.3 is 19.5 Å². The highest BCUT2D eigenvalue weighted by Gasteiger charge is 2.29. The first kappa shape index (κ1) is 18.4. The number of aryl methyl sites for hydroxylation is 1. The molecule has 3 aromatic rings. The van der Waals surface area contributed by atoms with Crippen LogP contribution in [0.4, 0.5) is 15.9 Å². The molecule has 28 heavy (non-hydrogen) atoms. The third-order valence-electron chi connectivity index (χ3n) is 4.79. The predicted molar refractivity (Wildman–Crippen MR) is 102 cm³/mol. The number of halogens is 1. The molecule has 4 rings (SSSR count). The first-order valence-electron chi connectivity index (χ1n) is 9.15. The van der Waals surface area contributed by atoms with E-state index in [9.17, 15) is 4.79 Å². The molecule has 1 saturated heterocycles. The highest BCUT2D eigenvalue weighted by Crippen LogP contribution is 2.35. The third-order valence-corrected chi connectivity index (χ3v) is 4.79. The molecule has 1 aromatic carbocycles. The fourth-order valence-electron chi connectivity index (χ4n) is 3.70. The van der Waals surface area contributed by atoms with Gasteiger partial charge in [-0.2, -0.15) is 5.10 Å². The molecular formula is C19H22FN5O3. The molecule has 0 unspecified atom stereocenters. The maximum atomic E-state index is 15.3. The van der Waals surface area contributed by atoms with E-state index < -0.39 is 5.82 Å². The zero-order valence-electron chi connectivity index (χ0n) is 16.0. The Bertz CT molecular complexity index is 1000. The minimum atomic E-state index is -0.581. The lowest BCUT2D eigenvalue weighted by molar-refractivity contribution is -0.00543. The van der Waals surface area contributed by atoms with E-state index in [1.807, 2.05) is 32.0 Å². The zero-order valence-corrected chi connectivity index (χ0v) is 16.0. The van der Waals surface area contributed by atoms with E-state index in [2.05, 4.69) is 15.6 Å². The number of anilines is 2. The van der Waals surface area contributed by atoms with Crippen molar-refractivity contribution in [1.29, 1.82) is 0 Å². The van der Waals surface area contributed by atoms with Gasteiger partial charge in [-0.1, -0.05) is 5.16 Å². The Morgan fingerprint density at radius 2 is 2.11 bits per heavy atom. The Morgan fingerprint density at radius 3 is 2.75 bits per heavy atom. The SMILES string of the molecule is C[C@@H]1CN(c2c(C=O)cc3c(NCc4cnn(C)c4)noc3c2F)C[C@H](C)O1. The van der Waals surface area contributed by atoms with Gasteiger partial charge in [0.05, 0.1) is 29.5 Å². The Balaban J connectivity index is 1.69. The van der Waals surface area contributed by atoms with Crippen molar-refractivity contribution in [2.24, 2.45) is 7.05 Å². The van der Waals surface area contributed by atoms with Gasteiger partial charge in [0.15, 0.2) is 17.9 Å². The number of rotatable bonds is 5. The fourth-order valence-corrected chi connectivity index (χ4v) is 3.70. The molecule has 1 N–H and O–H groups in total. The maximum absolute atomic E-state index is 15.3. The molecule has 1 fully saturated rings. The molecule has 0 amide bonds. The second kappa shape index (κ2) is 7.23. The Labute approximate surface area is 161 Å². The zero-order chi connectivity index (χ0) is 19.8. The summed E-state index contributed by atoms with van der Waals surface area (Å²) < 4.78 is 28.0. The van der Waals surface area contributed by atoms with Crippen LogP contribution in [0.25, 0.3) is 11.0 Å². The second-order valence-corrected chi connectivity index (χ2v) is 7.19. The highest BCUT2D eigenvalue weighted by molar-refractivity contribution is 5.98. The average molecular weight is 387 g/mol. The van der Waals surface area contributed by atoms with E-state index in [1.54, 1.807) is 16.9 Å². The van der Waals surface area contributed by atoms with Crippen LogP contribution >= 0.6 is 0 Å². The second-order valence-electron chi connectivity index (χ2n) is 7.19. The lowest BCUT2D eigenvalue weighted by atomic mass is 10.1. The number of hydrogen-bond acceptors (Lipinski definition) is 7. The number of carbonyl (C=O) groups is 1. The molecule has 9 heteroatoms.